The van der Waals surface area contributed by atoms with Gasteiger partial charge in [0, 0.05) is 12.8 Å². The summed E-state index contributed by atoms with van der Waals surface area (Å²) in [4.78, 5) is 11.5. The molecule has 0 amide bonds. The van der Waals surface area contributed by atoms with Crippen LogP contribution in [0.2, 0.25) is 24.2 Å². The Balaban J connectivity index is 3.99. The van der Waals surface area contributed by atoms with Crippen LogP contribution in [0.3, 0.4) is 0 Å². The lowest BCUT2D eigenvalue weighted by molar-refractivity contribution is -0.118. The summed E-state index contributed by atoms with van der Waals surface area (Å²) >= 11 is 0. The lowest BCUT2D eigenvalue weighted by Crippen LogP contribution is -2.31. The molecule has 0 aromatic rings. The zero-order valence-electron chi connectivity index (χ0n) is 10.4. The smallest absolute Gasteiger partial charge is 0.132 e. The third-order valence-corrected chi connectivity index (χ3v) is 9.52. The van der Waals surface area contributed by atoms with Gasteiger partial charge in [-0.1, -0.05) is 51.9 Å². The molecule has 0 saturated heterocycles. The van der Waals surface area contributed by atoms with Gasteiger partial charge in [-0.3, -0.25) is 4.79 Å². The molecule has 1 nitrogen and oxygen atoms in total. The number of carbonyl (C=O) groups is 1. The number of rotatable bonds is 8. The van der Waals surface area contributed by atoms with Crippen LogP contribution >= 0.6 is 0 Å². The molecule has 0 aromatic heterocycles. The molecule has 0 heterocycles. The maximum Gasteiger partial charge on any atom is 0.132 e. The molecule has 0 fully saturated rings. The van der Waals surface area contributed by atoms with E-state index >= 15 is 0 Å². The van der Waals surface area contributed by atoms with E-state index in [0.717, 1.165) is 19.3 Å². The first-order valence-corrected chi connectivity index (χ1v) is 8.98. The fourth-order valence-electron chi connectivity index (χ4n) is 2.09. The van der Waals surface area contributed by atoms with Crippen molar-refractivity contribution in [1.82, 2.24) is 0 Å². The Morgan fingerprint density at radius 1 is 0.929 bits per heavy atom. The molecule has 0 bridgehead atoms. The van der Waals surface area contributed by atoms with Gasteiger partial charge in [-0.2, -0.15) is 0 Å². The first kappa shape index (κ1) is 13.9. The first-order chi connectivity index (χ1) is 6.64. The quantitative estimate of drug-likeness (QED) is 0.552. The normalized spacial score (nSPS) is 11.7. The average molecular weight is 214 g/mol. The molecule has 0 aliphatic heterocycles. The van der Waals surface area contributed by atoms with Crippen molar-refractivity contribution in [2.45, 2.75) is 71.1 Å². The minimum absolute atomic E-state index is 0.486. The molecule has 0 spiro atoms. The van der Waals surface area contributed by atoms with Crippen LogP contribution < -0.4 is 0 Å². The molecule has 0 saturated carbocycles. The highest BCUT2D eigenvalue weighted by Crippen LogP contribution is 2.26. The van der Waals surface area contributed by atoms with Gasteiger partial charge in [0.15, 0.2) is 0 Å². The average Bonchev–Trinajstić information content (AvgIpc) is 2.21. The Kier molecular flexibility index (Phi) is 7.16. The van der Waals surface area contributed by atoms with Crippen molar-refractivity contribution >= 4 is 13.9 Å². The second-order valence-corrected chi connectivity index (χ2v) is 9.97. The van der Waals surface area contributed by atoms with Gasteiger partial charge in [-0.15, -0.1) is 0 Å². The Labute approximate surface area is 90.3 Å². The summed E-state index contributed by atoms with van der Waals surface area (Å²) in [7, 11) is -1.03. The zero-order valence-corrected chi connectivity index (χ0v) is 11.4. The summed E-state index contributed by atoms with van der Waals surface area (Å²) < 4.78 is 0. The van der Waals surface area contributed by atoms with Crippen molar-refractivity contribution in [2.24, 2.45) is 0 Å². The van der Waals surface area contributed by atoms with Gasteiger partial charge in [-0.05, 0) is 6.42 Å². The molecule has 0 N–H and O–H groups in total. The van der Waals surface area contributed by atoms with E-state index in [0.29, 0.717) is 5.78 Å². The van der Waals surface area contributed by atoms with Crippen molar-refractivity contribution in [2.75, 3.05) is 0 Å². The van der Waals surface area contributed by atoms with Crippen molar-refractivity contribution in [3.8, 4) is 0 Å². The summed E-state index contributed by atoms with van der Waals surface area (Å²) in [6.45, 7) is 9.01. The standard InChI is InChI=1S/C12H26OSi/c1-5-9-12(13)10-11-14(6-2,7-3)8-4/h5-11H2,1-4H3. The molecule has 0 unspecified atom stereocenters. The van der Waals surface area contributed by atoms with Crippen LogP contribution in [0.5, 0.6) is 0 Å². The van der Waals surface area contributed by atoms with Crippen LogP contribution in [0, 0.1) is 0 Å². The lowest BCUT2D eigenvalue weighted by Gasteiger charge is -2.27. The van der Waals surface area contributed by atoms with E-state index in [9.17, 15) is 4.79 Å². The van der Waals surface area contributed by atoms with Crippen LogP contribution in [0.4, 0.5) is 0 Å². The summed E-state index contributed by atoms with van der Waals surface area (Å²) in [6.07, 6.45) is 2.66. The van der Waals surface area contributed by atoms with E-state index in [4.69, 9.17) is 0 Å². The predicted octanol–water partition coefficient (Wildman–Crippen LogP) is 4.25. The number of Topliss-reactive ketones (excluding diaryl/α,β-unsaturated/α-hetero) is 1. The largest absolute Gasteiger partial charge is 0.300 e. The van der Waals surface area contributed by atoms with E-state index in [1.807, 2.05) is 0 Å². The van der Waals surface area contributed by atoms with Gasteiger partial charge in [0.2, 0.25) is 0 Å². The number of ketones is 1. The number of hydrogen-bond donors (Lipinski definition) is 0. The topological polar surface area (TPSA) is 17.1 Å². The molecule has 84 valence electrons. The maximum atomic E-state index is 11.5. The summed E-state index contributed by atoms with van der Waals surface area (Å²) in [5, 5.41) is 0. The fourth-order valence-corrected chi connectivity index (χ4v) is 5.46. The van der Waals surface area contributed by atoms with E-state index < -0.39 is 8.07 Å². The molecule has 0 aromatic carbocycles. The third-order valence-electron chi connectivity index (χ3n) is 3.71. The highest BCUT2D eigenvalue weighted by Gasteiger charge is 2.26. The molecular formula is C12H26OSi. The number of carbonyl (C=O) groups excluding carboxylic acids is 1. The van der Waals surface area contributed by atoms with Crippen LogP contribution in [0.1, 0.15) is 47.0 Å². The second kappa shape index (κ2) is 7.21. The van der Waals surface area contributed by atoms with Crippen LogP contribution in [-0.4, -0.2) is 13.9 Å². The van der Waals surface area contributed by atoms with E-state index in [1.165, 1.54) is 24.2 Å². The summed E-state index contributed by atoms with van der Waals surface area (Å²) in [5.41, 5.74) is 0. The third kappa shape index (κ3) is 4.40. The Hall–Kier alpha value is -0.113. The van der Waals surface area contributed by atoms with Gasteiger partial charge in [0.05, 0.1) is 8.07 Å². The van der Waals surface area contributed by atoms with Crippen molar-refractivity contribution < 1.29 is 4.79 Å². The maximum absolute atomic E-state index is 11.5. The van der Waals surface area contributed by atoms with E-state index in [1.54, 1.807) is 0 Å². The second-order valence-electron chi connectivity index (χ2n) is 4.35. The predicted molar refractivity (Wildman–Crippen MR) is 66.5 cm³/mol. The molecular weight excluding hydrogens is 188 g/mol. The Morgan fingerprint density at radius 3 is 1.79 bits per heavy atom. The highest BCUT2D eigenvalue weighted by molar-refractivity contribution is 6.79. The van der Waals surface area contributed by atoms with Gasteiger partial charge in [-0.25, -0.2) is 0 Å². The fraction of sp³-hybridized carbons (Fsp3) is 0.917. The van der Waals surface area contributed by atoms with Gasteiger partial charge in [0.1, 0.15) is 5.78 Å². The molecule has 0 rings (SSSR count). The van der Waals surface area contributed by atoms with E-state index in [2.05, 4.69) is 27.7 Å². The van der Waals surface area contributed by atoms with Crippen LogP contribution in [0.15, 0.2) is 0 Å². The van der Waals surface area contributed by atoms with Gasteiger partial charge in [0.25, 0.3) is 0 Å². The van der Waals surface area contributed by atoms with E-state index in [-0.39, 0.29) is 0 Å². The Bertz CT molecular complexity index is 153. The van der Waals surface area contributed by atoms with Crippen molar-refractivity contribution in [3.63, 3.8) is 0 Å². The number of hydrogen-bond acceptors (Lipinski definition) is 1. The Morgan fingerprint density at radius 2 is 1.43 bits per heavy atom. The summed E-state index contributed by atoms with van der Waals surface area (Å²) in [6, 6.07) is 5.27. The van der Waals surface area contributed by atoms with Gasteiger partial charge >= 0.3 is 0 Å². The molecule has 0 atom stereocenters. The molecule has 0 aliphatic carbocycles. The van der Waals surface area contributed by atoms with Crippen LogP contribution in [-0.2, 0) is 4.79 Å². The minimum atomic E-state index is -1.03. The minimum Gasteiger partial charge on any atom is -0.300 e. The van der Waals surface area contributed by atoms with Crippen molar-refractivity contribution in [3.05, 3.63) is 0 Å². The summed E-state index contributed by atoms with van der Waals surface area (Å²) in [5.74, 6) is 0.486. The monoisotopic (exact) mass is 214 g/mol. The zero-order chi connectivity index (χ0) is 11.0. The SMILES string of the molecule is CCCC(=O)CC[Si](CC)(CC)CC. The molecule has 0 aliphatic rings. The lowest BCUT2D eigenvalue weighted by atomic mass is 10.2. The molecule has 2 heteroatoms. The first-order valence-electron chi connectivity index (χ1n) is 6.15. The van der Waals surface area contributed by atoms with Crippen molar-refractivity contribution in [1.29, 1.82) is 0 Å². The highest BCUT2D eigenvalue weighted by atomic mass is 28.3. The molecule has 14 heavy (non-hydrogen) atoms. The molecule has 0 radical (unpaired) electrons. The van der Waals surface area contributed by atoms with Crippen LogP contribution in [0.25, 0.3) is 0 Å². The van der Waals surface area contributed by atoms with Gasteiger partial charge < -0.3 is 0 Å².